The Morgan fingerprint density at radius 1 is 0.828 bits per heavy atom. The third kappa shape index (κ3) is 6.42. The van der Waals surface area contributed by atoms with Gasteiger partial charge < -0.3 is 5.32 Å². The van der Waals surface area contributed by atoms with Gasteiger partial charge in [-0.2, -0.15) is 0 Å². The van der Waals surface area contributed by atoms with Gasteiger partial charge in [0.25, 0.3) is 0 Å². The molecule has 0 aromatic carbocycles. The topological polar surface area (TPSA) is 66.5 Å². The fourth-order valence-electron chi connectivity index (χ4n) is 5.09. The molecule has 1 N–H and O–H groups in total. The zero-order valence-corrected chi connectivity index (χ0v) is 17.9. The number of amides is 3. The molecule has 1 saturated carbocycles. The van der Waals surface area contributed by atoms with E-state index in [2.05, 4.69) is 5.32 Å². The van der Waals surface area contributed by atoms with Crippen molar-refractivity contribution < 1.29 is 14.4 Å². The van der Waals surface area contributed by atoms with Crippen molar-refractivity contribution >= 4 is 17.7 Å². The zero-order valence-electron chi connectivity index (χ0n) is 17.9. The van der Waals surface area contributed by atoms with Crippen molar-refractivity contribution in [3.05, 3.63) is 12.2 Å². The molecule has 2 aliphatic carbocycles. The lowest BCUT2D eigenvalue weighted by molar-refractivity contribution is -0.140. The number of nitrogens with zero attached hydrogens (tertiary/aromatic N) is 1. The first-order chi connectivity index (χ1) is 14.2. The summed E-state index contributed by atoms with van der Waals surface area (Å²) in [7, 11) is 0. The Bertz CT molecular complexity index is 563. The molecule has 0 bridgehead atoms. The number of carbonyl (C=O) groups is 3. The highest BCUT2D eigenvalue weighted by atomic mass is 16.2. The molecule has 1 aliphatic heterocycles. The van der Waals surface area contributed by atoms with Gasteiger partial charge in [0.15, 0.2) is 0 Å². The number of likely N-dealkylation sites (tertiary alicyclic amines) is 1. The molecule has 1 heterocycles. The van der Waals surface area contributed by atoms with E-state index < -0.39 is 0 Å². The van der Waals surface area contributed by atoms with Gasteiger partial charge in [-0.15, -0.1) is 0 Å². The summed E-state index contributed by atoms with van der Waals surface area (Å²) in [6.45, 7) is 0.378. The van der Waals surface area contributed by atoms with E-state index in [1.54, 1.807) is 0 Å². The first-order valence-corrected chi connectivity index (χ1v) is 12.0. The normalized spacial score (nSPS) is 27.2. The average Bonchev–Trinajstić information content (AvgIpc) is 2.95. The first kappa shape index (κ1) is 22.0. The van der Waals surface area contributed by atoms with Gasteiger partial charge in [-0.05, 0) is 32.1 Å². The number of carbonyl (C=O) groups excluding carboxylic acids is 3. The second-order valence-corrected chi connectivity index (χ2v) is 9.11. The Balaban J connectivity index is 1.39. The lowest BCUT2D eigenvalue weighted by Gasteiger charge is -2.20. The second kappa shape index (κ2) is 11.5. The smallest absolute Gasteiger partial charge is 0.233 e. The summed E-state index contributed by atoms with van der Waals surface area (Å²) in [4.78, 5) is 38.9. The van der Waals surface area contributed by atoms with Crippen LogP contribution < -0.4 is 5.32 Å². The molecule has 2 atom stereocenters. The fraction of sp³-hybridized carbons (Fsp3) is 0.792. The van der Waals surface area contributed by atoms with E-state index >= 15 is 0 Å². The molecule has 162 valence electrons. The largest absolute Gasteiger partial charge is 0.353 e. The predicted octanol–water partition coefficient (Wildman–Crippen LogP) is 4.51. The Morgan fingerprint density at radius 3 is 1.83 bits per heavy atom. The summed E-state index contributed by atoms with van der Waals surface area (Å²) < 4.78 is 0. The minimum absolute atomic E-state index is 0.0379. The molecule has 0 aromatic rings. The molecular weight excluding hydrogens is 364 g/mol. The number of hydrogen-bond donors (Lipinski definition) is 1. The average molecular weight is 403 g/mol. The van der Waals surface area contributed by atoms with Crippen LogP contribution in [-0.2, 0) is 14.4 Å². The molecule has 1 saturated heterocycles. The number of nitrogens with one attached hydrogen (secondary N) is 1. The maximum atomic E-state index is 12.5. The van der Waals surface area contributed by atoms with Gasteiger partial charge >= 0.3 is 0 Å². The third-order valence-electron chi connectivity index (χ3n) is 6.85. The molecular formula is C24H38N2O3. The van der Waals surface area contributed by atoms with Crippen molar-refractivity contribution in [1.29, 1.82) is 0 Å². The second-order valence-electron chi connectivity index (χ2n) is 9.11. The molecule has 29 heavy (non-hydrogen) atoms. The summed E-state index contributed by atoms with van der Waals surface area (Å²) in [5, 5.41) is 3.23. The molecule has 2 fully saturated rings. The van der Waals surface area contributed by atoms with Gasteiger partial charge in [0.1, 0.15) is 0 Å². The van der Waals surface area contributed by atoms with Crippen LogP contribution in [0.3, 0.4) is 0 Å². The van der Waals surface area contributed by atoms with Crippen LogP contribution in [0, 0.1) is 11.8 Å². The van der Waals surface area contributed by atoms with Gasteiger partial charge in [0.05, 0.1) is 11.8 Å². The maximum Gasteiger partial charge on any atom is 0.233 e. The van der Waals surface area contributed by atoms with E-state index in [0.29, 0.717) is 32.2 Å². The SMILES string of the molecule is O=C(CCCN1C(=O)[C@H]2CC=CC[C@H]2C1=O)NC1CCCCCCCCCCC1. The molecule has 5 heteroatoms. The van der Waals surface area contributed by atoms with Gasteiger partial charge in [-0.3, -0.25) is 19.3 Å². The van der Waals surface area contributed by atoms with Gasteiger partial charge in [-0.1, -0.05) is 69.9 Å². The van der Waals surface area contributed by atoms with Crippen LogP contribution in [0.15, 0.2) is 12.2 Å². The molecule has 0 spiro atoms. The van der Waals surface area contributed by atoms with E-state index in [1.165, 1.54) is 62.7 Å². The number of fused-ring (bicyclic) bond motifs is 1. The summed E-state index contributed by atoms with van der Waals surface area (Å²) in [6, 6.07) is 0.283. The van der Waals surface area contributed by atoms with Gasteiger partial charge in [0.2, 0.25) is 17.7 Å². The molecule has 0 aromatic heterocycles. The lowest BCUT2D eigenvalue weighted by atomic mass is 9.85. The van der Waals surface area contributed by atoms with E-state index in [-0.39, 0.29) is 35.6 Å². The predicted molar refractivity (Wildman–Crippen MR) is 114 cm³/mol. The number of rotatable bonds is 5. The van der Waals surface area contributed by atoms with E-state index in [1.807, 2.05) is 12.2 Å². The van der Waals surface area contributed by atoms with Gasteiger partial charge in [0, 0.05) is 19.0 Å². The van der Waals surface area contributed by atoms with E-state index in [9.17, 15) is 14.4 Å². The summed E-state index contributed by atoms with van der Waals surface area (Å²) in [5.41, 5.74) is 0. The van der Waals surface area contributed by atoms with Crippen LogP contribution in [0.5, 0.6) is 0 Å². The van der Waals surface area contributed by atoms with Crippen LogP contribution in [0.4, 0.5) is 0 Å². The number of allylic oxidation sites excluding steroid dienone is 2. The van der Waals surface area contributed by atoms with Crippen LogP contribution in [-0.4, -0.2) is 35.2 Å². The van der Waals surface area contributed by atoms with Gasteiger partial charge in [-0.25, -0.2) is 0 Å². The van der Waals surface area contributed by atoms with Crippen molar-refractivity contribution in [3.8, 4) is 0 Å². The van der Waals surface area contributed by atoms with Crippen LogP contribution in [0.2, 0.25) is 0 Å². The quantitative estimate of drug-likeness (QED) is 0.543. The van der Waals surface area contributed by atoms with Crippen LogP contribution in [0.25, 0.3) is 0 Å². The third-order valence-corrected chi connectivity index (χ3v) is 6.85. The van der Waals surface area contributed by atoms with E-state index in [0.717, 1.165) is 12.8 Å². The summed E-state index contributed by atoms with van der Waals surface area (Å²) in [5.74, 6) is -0.344. The molecule has 0 unspecified atom stereocenters. The first-order valence-electron chi connectivity index (χ1n) is 12.0. The Labute approximate surface area is 175 Å². The molecule has 5 nitrogen and oxygen atoms in total. The Hall–Kier alpha value is -1.65. The number of imide groups is 1. The molecule has 0 radical (unpaired) electrons. The maximum absolute atomic E-state index is 12.5. The van der Waals surface area contributed by atoms with Crippen molar-refractivity contribution in [1.82, 2.24) is 10.2 Å². The highest BCUT2D eigenvalue weighted by Crippen LogP contribution is 2.35. The number of hydrogen-bond acceptors (Lipinski definition) is 3. The monoisotopic (exact) mass is 402 g/mol. The minimum atomic E-state index is -0.169. The minimum Gasteiger partial charge on any atom is -0.353 e. The van der Waals surface area contributed by atoms with Crippen molar-refractivity contribution in [2.45, 2.75) is 102 Å². The molecule has 3 rings (SSSR count). The van der Waals surface area contributed by atoms with E-state index in [4.69, 9.17) is 0 Å². The Morgan fingerprint density at radius 2 is 1.31 bits per heavy atom. The molecule has 3 amide bonds. The van der Waals surface area contributed by atoms with Crippen LogP contribution >= 0.6 is 0 Å². The highest BCUT2D eigenvalue weighted by molar-refractivity contribution is 6.05. The van der Waals surface area contributed by atoms with Crippen LogP contribution in [0.1, 0.15) is 96.3 Å². The van der Waals surface area contributed by atoms with Crippen molar-refractivity contribution in [2.24, 2.45) is 11.8 Å². The summed E-state index contributed by atoms with van der Waals surface area (Å²) in [6.07, 6.45) is 20.1. The Kier molecular flexibility index (Phi) is 8.75. The standard InChI is InChI=1S/C24H38N2O3/c27-22(25-19-13-8-6-4-2-1-3-5-7-9-14-19)17-12-18-26-23(28)20-15-10-11-16-21(20)24(26)29/h10-11,19-21H,1-9,12-18H2,(H,25,27)/t20-,21+. The van der Waals surface area contributed by atoms with Crippen molar-refractivity contribution in [2.75, 3.05) is 6.54 Å². The molecule has 3 aliphatic rings. The lowest BCUT2D eigenvalue weighted by Crippen LogP contribution is -2.36. The summed E-state index contributed by atoms with van der Waals surface area (Å²) >= 11 is 0. The highest BCUT2D eigenvalue weighted by Gasteiger charge is 2.46. The van der Waals surface area contributed by atoms with Crippen molar-refractivity contribution in [3.63, 3.8) is 0 Å². The zero-order chi connectivity index (χ0) is 20.5. The fourth-order valence-corrected chi connectivity index (χ4v) is 5.09.